The Morgan fingerprint density at radius 2 is 2.13 bits per heavy atom. The highest BCUT2D eigenvalue weighted by atomic mass is 35.5. The van der Waals surface area contributed by atoms with Crippen LogP contribution in [0.15, 0.2) is 35.4 Å². The first-order valence-corrected chi connectivity index (χ1v) is 9.59. The van der Waals surface area contributed by atoms with Gasteiger partial charge in [0.1, 0.15) is 5.15 Å². The number of rotatable bonds is 3. The fourth-order valence-electron chi connectivity index (χ4n) is 3.28. The van der Waals surface area contributed by atoms with Gasteiger partial charge in [-0.2, -0.15) is 4.31 Å². The maximum absolute atomic E-state index is 13.2. The lowest BCUT2D eigenvalue weighted by atomic mass is 9.94. The molecule has 3 rings (SSSR count). The molecule has 0 aliphatic carbocycles. The number of piperidine rings is 1. The highest BCUT2D eigenvalue weighted by Crippen LogP contribution is 2.33. The number of hydrogen-bond donors (Lipinski definition) is 1. The summed E-state index contributed by atoms with van der Waals surface area (Å²) in [6, 6.07) is 6.75. The number of halogens is 1. The van der Waals surface area contributed by atoms with Crippen LogP contribution in [0.1, 0.15) is 26.2 Å². The van der Waals surface area contributed by atoms with Gasteiger partial charge in [0, 0.05) is 23.5 Å². The molecule has 1 fully saturated rings. The summed E-state index contributed by atoms with van der Waals surface area (Å²) in [6.07, 6.45) is 3.71. The normalized spacial score (nSPS) is 23.3. The Kier molecular flexibility index (Phi) is 4.60. The number of benzene rings is 1. The number of pyridine rings is 1. The maximum Gasteiger partial charge on any atom is 0.245 e. The molecule has 1 aromatic carbocycles. The molecule has 1 aliphatic rings. The molecule has 0 amide bonds. The van der Waals surface area contributed by atoms with Crippen molar-refractivity contribution in [1.82, 2.24) is 9.29 Å². The maximum atomic E-state index is 13.2. The summed E-state index contributed by atoms with van der Waals surface area (Å²) in [7, 11) is -3.68. The van der Waals surface area contributed by atoms with Crippen LogP contribution in [0, 0.1) is 5.92 Å². The summed E-state index contributed by atoms with van der Waals surface area (Å²) in [5.74, 6) is 0.193. The SMILES string of the molecule is CCC1CCCN(S(=O)(=O)c2cccc3c(Cl)nccc23)C1N. The van der Waals surface area contributed by atoms with Gasteiger partial charge in [-0.15, -0.1) is 0 Å². The molecule has 0 spiro atoms. The fraction of sp³-hybridized carbons (Fsp3) is 0.438. The Balaban J connectivity index is 2.12. The molecule has 2 heterocycles. The highest BCUT2D eigenvalue weighted by molar-refractivity contribution is 7.89. The molecule has 2 unspecified atom stereocenters. The lowest BCUT2D eigenvalue weighted by Gasteiger charge is -2.37. The third-order valence-corrected chi connectivity index (χ3v) is 6.85. The van der Waals surface area contributed by atoms with Gasteiger partial charge in [-0.25, -0.2) is 13.4 Å². The van der Waals surface area contributed by atoms with E-state index in [2.05, 4.69) is 4.98 Å². The van der Waals surface area contributed by atoms with Gasteiger partial charge in [0.15, 0.2) is 0 Å². The van der Waals surface area contributed by atoms with Crippen molar-refractivity contribution in [3.05, 3.63) is 35.6 Å². The van der Waals surface area contributed by atoms with Gasteiger partial charge in [0.25, 0.3) is 0 Å². The standard InChI is InChI=1S/C16H20ClN3O2S/c1-2-11-5-4-10-20(16(11)18)23(21,22)14-7-3-6-13-12(14)8-9-19-15(13)17/h3,6-9,11,16H,2,4-5,10,18H2,1H3. The van der Waals surface area contributed by atoms with Gasteiger partial charge >= 0.3 is 0 Å². The number of hydrogen-bond acceptors (Lipinski definition) is 4. The molecule has 2 atom stereocenters. The van der Waals surface area contributed by atoms with E-state index >= 15 is 0 Å². The van der Waals surface area contributed by atoms with Crippen molar-refractivity contribution in [3.8, 4) is 0 Å². The van der Waals surface area contributed by atoms with E-state index in [0.29, 0.717) is 22.5 Å². The summed E-state index contributed by atoms with van der Waals surface area (Å²) in [6.45, 7) is 2.50. The second-order valence-corrected chi connectivity index (χ2v) is 8.09. The lowest BCUT2D eigenvalue weighted by molar-refractivity contribution is 0.175. The Hall–Kier alpha value is -1.21. The molecule has 7 heteroatoms. The van der Waals surface area contributed by atoms with Crippen LogP contribution in [0.4, 0.5) is 0 Å². The third kappa shape index (κ3) is 2.85. The predicted octanol–water partition coefficient (Wildman–Crippen LogP) is 2.98. The molecule has 0 bridgehead atoms. The molecule has 1 aliphatic heterocycles. The van der Waals surface area contributed by atoms with Gasteiger partial charge in [0.05, 0.1) is 11.1 Å². The van der Waals surface area contributed by atoms with E-state index in [-0.39, 0.29) is 10.8 Å². The number of nitrogens with zero attached hydrogens (tertiary/aromatic N) is 2. The predicted molar refractivity (Wildman–Crippen MR) is 91.6 cm³/mol. The first kappa shape index (κ1) is 16.6. The molecule has 124 valence electrons. The molecular weight excluding hydrogens is 334 g/mol. The smallest absolute Gasteiger partial charge is 0.245 e. The molecule has 0 saturated carbocycles. The molecule has 1 saturated heterocycles. The number of nitrogens with two attached hydrogens (primary N) is 1. The first-order valence-electron chi connectivity index (χ1n) is 7.77. The summed E-state index contributed by atoms with van der Waals surface area (Å²) in [5, 5.41) is 1.51. The van der Waals surface area contributed by atoms with Crippen molar-refractivity contribution >= 4 is 32.4 Å². The highest BCUT2D eigenvalue weighted by Gasteiger charge is 2.36. The summed E-state index contributed by atoms with van der Waals surface area (Å²) in [4.78, 5) is 4.26. The van der Waals surface area contributed by atoms with Crippen LogP contribution in [0.3, 0.4) is 0 Å². The molecule has 23 heavy (non-hydrogen) atoms. The van der Waals surface area contributed by atoms with E-state index in [1.165, 1.54) is 10.5 Å². The monoisotopic (exact) mass is 353 g/mol. The Morgan fingerprint density at radius 1 is 1.35 bits per heavy atom. The van der Waals surface area contributed by atoms with Gasteiger partial charge in [0.2, 0.25) is 10.0 Å². The minimum absolute atomic E-state index is 0.193. The quantitative estimate of drug-likeness (QED) is 0.860. The van der Waals surface area contributed by atoms with Crippen molar-refractivity contribution in [3.63, 3.8) is 0 Å². The van der Waals surface area contributed by atoms with E-state index in [1.54, 1.807) is 24.3 Å². The van der Waals surface area contributed by atoms with E-state index in [0.717, 1.165) is 19.3 Å². The van der Waals surface area contributed by atoms with Crippen LogP contribution >= 0.6 is 11.6 Å². The Bertz CT molecular complexity index is 825. The van der Waals surface area contributed by atoms with E-state index in [4.69, 9.17) is 17.3 Å². The van der Waals surface area contributed by atoms with Crippen LogP contribution < -0.4 is 5.73 Å². The van der Waals surface area contributed by atoms with Crippen molar-refractivity contribution in [2.45, 2.75) is 37.2 Å². The molecule has 5 nitrogen and oxygen atoms in total. The van der Waals surface area contributed by atoms with Crippen molar-refractivity contribution < 1.29 is 8.42 Å². The van der Waals surface area contributed by atoms with Gasteiger partial charge < -0.3 is 5.73 Å². The number of fused-ring (bicyclic) bond motifs is 1. The molecular formula is C16H20ClN3O2S. The van der Waals surface area contributed by atoms with E-state index in [1.807, 2.05) is 6.92 Å². The van der Waals surface area contributed by atoms with Crippen LogP contribution in [-0.2, 0) is 10.0 Å². The molecule has 0 radical (unpaired) electrons. The second kappa shape index (κ2) is 6.36. The van der Waals surface area contributed by atoms with E-state index in [9.17, 15) is 8.42 Å². The minimum Gasteiger partial charge on any atom is -0.315 e. The van der Waals surface area contributed by atoms with Gasteiger partial charge in [-0.1, -0.05) is 37.1 Å². The van der Waals surface area contributed by atoms with Crippen molar-refractivity contribution in [1.29, 1.82) is 0 Å². The van der Waals surface area contributed by atoms with Crippen LogP contribution in [-0.4, -0.2) is 30.4 Å². The summed E-state index contributed by atoms with van der Waals surface area (Å²) >= 11 is 6.09. The summed E-state index contributed by atoms with van der Waals surface area (Å²) in [5.41, 5.74) is 6.24. The minimum atomic E-state index is -3.68. The number of sulfonamides is 1. The number of aromatic nitrogens is 1. The largest absolute Gasteiger partial charge is 0.315 e. The first-order chi connectivity index (χ1) is 11.0. The molecule has 2 aromatic rings. The molecule has 1 aromatic heterocycles. The van der Waals surface area contributed by atoms with Crippen LogP contribution in [0.2, 0.25) is 5.15 Å². The second-order valence-electron chi connectivity index (χ2n) is 5.87. The lowest BCUT2D eigenvalue weighted by Crippen LogP contribution is -2.53. The van der Waals surface area contributed by atoms with Gasteiger partial charge in [-0.3, -0.25) is 0 Å². The van der Waals surface area contributed by atoms with Crippen molar-refractivity contribution in [2.75, 3.05) is 6.54 Å². The van der Waals surface area contributed by atoms with Gasteiger partial charge in [-0.05, 0) is 30.9 Å². The zero-order valence-corrected chi connectivity index (χ0v) is 14.5. The fourth-order valence-corrected chi connectivity index (χ4v) is 5.33. The zero-order chi connectivity index (χ0) is 16.6. The van der Waals surface area contributed by atoms with Crippen LogP contribution in [0.5, 0.6) is 0 Å². The van der Waals surface area contributed by atoms with Crippen molar-refractivity contribution in [2.24, 2.45) is 11.7 Å². The van der Waals surface area contributed by atoms with E-state index < -0.39 is 16.2 Å². The Labute approximate surface area is 141 Å². The molecule has 2 N–H and O–H groups in total. The average molecular weight is 354 g/mol. The Morgan fingerprint density at radius 3 is 2.87 bits per heavy atom. The zero-order valence-electron chi connectivity index (χ0n) is 12.9. The topological polar surface area (TPSA) is 76.3 Å². The summed E-state index contributed by atoms with van der Waals surface area (Å²) < 4.78 is 27.8. The average Bonchev–Trinajstić information content (AvgIpc) is 2.55. The third-order valence-electron chi connectivity index (χ3n) is 4.60. The van der Waals surface area contributed by atoms with Crippen LogP contribution in [0.25, 0.3) is 10.8 Å².